The average molecular weight is 470 g/mol. The number of anilines is 1. The highest BCUT2D eigenvalue weighted by molar-refractivity contribution is 14.0. The van der Waals surface area contributed by atoms with Gasteiger partial charge in [-0.15, -0.1) is 24.0 Å². The zero-order valence-electron chi connectivity index (χ0n) is 15.6. The van der Waals surface area contributed by atoms with Crippen molar-refractivity contribution in [3.05, 3.63) is 65.5 Å². The van der Waals surface area contributed by atoms with Crippen LogP contribution in [0.15, 0.2) is 53.5 Å². The van der Waals surface area contributed by atoms with Crippen molar-refractivity contribution in [2.75, 3.05) is 32.6 Å². The third-order valence-electron chi connectivity index (χ3n) is 3.96. The van der Waals surface area contributed by atoms with Crippen LogP contribution in [-0.2, 0) is 13.0 Å². The van der Waals surface area contributed by atoms with Crippen LogP contribution in [0.2, 0.25) is 0 Å². The predicted octanol–water partition coefficient (Wildman–Crippen LogP) is 3.81. The summed E-state index contributed by atoms with van der Waals surface area (Å²) in [6.07, 6.45) is 2.03. The summed E-state index contributed by atoms with van der Waals surface area (Å²) in [7, 11) is 5.82. The summed E-state index contributed by atoms with van der Waals surface area (Å²) in [5.74, 6) is 0.509. The van der Waals surface area contributed by atoms with Crippen molar-refractivity contribution in [2.45, 2.75) is 19.4 Å². The fourth-order valence-electron chi connectivity index (χ4n) is 2.51. The lowest BCUT2D eigenvalue weighted by Crippen LogP contribution is -2.37. The standard InChI is InChI=1S/C20H27FN4.HI/c1-22-20(24-15-17-6-4-8-18(21)14-17)23-13-5-7-16-9-11-19(12-10-16)25(2)3;/h4,6,8-12,14H,5,7,13,15H2,1-3H3,(H2,22,23,24);1H. The van der Waals surface area contributed by atoms with E-state index in [1.54, 1.807) is 13.1 Å². The Morgan fingerprint density at radius 3 is 2.38 bits per heavy atom. The Labute approximate surface area is 172 Å². The third kappa shape index (κ3) is 7.59. The van der Waals surface area contributed by atoms with Crippen LogP contribution in [-0.4, -0.2) is 33.6 Å². The topological polar surface area (TPSA) is 39.7 Å². The Hall–Kier alpha value is -1.83. The second-order valence-electron chi connectivity index (χ2n) is 6.15. The maximum atomic E-state index is 13.2. The smallest absolute Gasteiger partial charge is 0.191 e. The highest BCUT2D eigenvalue weighted by atomic mass is 127. The van der Waals surface area contributed by atoms with Crippen LogP contribution in [0.5, 0.6) is 0 Å². The van der Waals surface area contributed by atoms with Gasteiger partial charge in [-0.3, -0.25) is 4.99 Å². The molecule has 2 rings (SSSR count). The van der Waals surface area contributed by atoms with E-state index >= 15 is 0 Å². The van der Waals surface area contributed by atoms with E-state index in [2.05, 4.69) is 44.8 Å². The summed E-state index contributed by atoms with van der Waals surface area (Å²) in [6, 6.07) is 15.2. The zero-order valence-corrected chi connectivity index (χ0v) is 18.0. The molecule has 0 aliphatic rings. The summed E-state index contributed by atoms with van der Waals surface area (Å²) in [6.45, 7) is 1.38. The molecule has 0 atom stereocenters. The summed E-state index contributed by atoms with van der Waals surface area (Å²) in [5, 5.41) is 6.49. The van der Waals surface area contributed by atoms with Gasteiger partial charge in [0.2, 0.25) is 0 Å². The van der Waals surface area contributed by atoms with Crippen molar-refractivity contribution in [1.82, 2.24) is 10.6 Å². The molecule has 2 N–H and O–H groups in total. The van der Waals surface area contributed by atoms with Crippen LogP contribution >= 0.6 is 24.0 Å². The minimum atomic E-state index is -0.220. The first-order valence-corrected chi connectivity index (χ1v) is 8.53. The van der Waals surface area contributed by atoms with E-state index in [9.17, 15) is 4.39 Å². The van der Waals surface area contributed by atoms with Gasteiger partial charge in [0.05, 0.1) is 0 Å². The molecule has 0 unspecified atom stereocenters. The van der Waals surface area contributed by atoms with E-state index in [-0.39, 0.29) is 29.8 Å². The first kappa shape index (κ1) is 22.2. The minimum Gasteiger partial charge on any atom is -0.378 e. The Balaban J connectivity index is 0.00000338. The molecule has 0 amide bonds. The Morgan fingerprint density at radius 2 is 1.77 bits per heavy atom. The Kier molecular flexibility index (Phi) is 10.0. The number of nitrogens with zero attached hydrogens (tertiary/aromatic N) is 2. The number of nitrogens with one attached hydrogen (secondary N) is 2. The molecular formula is C20H28FIN4. The average Bonchev–Trinajstić information content (AvgIpc) is 2.61. The van der Waals surface area contributed by atoms with E-state index in [0.29, 0.717) is 6.54 Å². The number of hydrogen-bond acceptors (Lipinski definition) is 2. The summed E-state index contributed by atoms with van der Waals surface area (Å²) in [5.41, 5.74) is 3.43. The number of benzene rings is 2. The second-order valence-corrected chi connectivity index (χ2v) is 6.15. The highest BCUT2D eigenvalue weighted by Gasteiger charge is 2.00. The van der Waals surface area contributed by atoms with Gasteiger partial charge in [-0.1, -0.05) is 24.3 Å². The number of guanidine groups is 1. The summed E-state index contributed by atoms with van der Waals surface area (Å²) >= 11 is 0. The largest absolute Gasteiger partial charge is 0.378 e. The molecule has 0 saturated heterocycles. The van der Waals surface area contributed by atoms with Crippen LogP contribution in [0.1, 0.15) is 17.5 Å². The first-order valence-electron chi connectivity index (χ1n) is 8.53. The number of aliphatic imine (C=N–C) groups is 1. The van der Waals surface area contributed by atoms with Crippen molar-refractivity contribution in [3.8, 4) is 0 Å². The molecular weight excluding hydrogens is 442 g/mol. The monoisotopic (exact) mass is 470 g/mol. The fraction of sp³-hybridized carbons (Fsp3) is 0.350. The van der Waals surface area contributed by atoms with Crippen LogP contribution in [0.3, 0.4) is 0 Å². The van der Waals surface area contributed by atoms with Gasteiger partial charge in [0.15, 0.2) is 5.96 Å². The number of aryl methyl sites for hydroxylation is 1. The summed E-state index contributed by atoms with van der Waals surface area (Å²) < 4.78 is 13.2. The quantitative estimate of drug-likeness (QED) is 0.280. The lowest BCUT2D eigenvalue weighted by atomic mass is 10.1. The maximum Gasteiger partial charge on any atom is 0.191 e. The van der Waals surface area contributed by atoms with E-state index < -0.39 is 0 Å². The maximum absolute atomic E-state index is 13.2. The normalized spacial score (nSPS) is 10.8. The predicted molar refractivity (Wildman–Crippen MR) is 119 cm³/mol. The first-order chi connectivity index (χ1) is 12.1. The number of hydrogen-bond donors (Lipinski definition) is 2. The lowest BCUT2D eigenvalue weighted by molar-refractivity contribution is 0.624. The molecule has 26 heavy (non-hydrogen) atoms. The molecule has 6 heteroatoms. The van der Waals surface area contributed by atoms with Crippen molar-refractivity contribution >= 4 is 35.6 Å². The van der Waals surface area contributed by atoms with E-state index in [1.165, 1.54) is 23.4 Å². The van der Waals surface area contributed by atoms with Gasteiger partial charge in [-0.25, -0.2) is 4.39 Å². The number of rotatable bonds is 7. The number of halogens is 2. The molecule has 0 radical (unpaired) electrons. The molecule has 0 aliphatic heterocycles. The second kappa shape index (κ2) is 11.7. The molecule has 0 aliphatic carbocycles. The Morgan fingerprint density at radius 1 is 1.04 bits per heavy atom. The third-order valence-corrected chi connectivity index (χ3v) is 3.96. The molecule has 0 spiro atoms. The minimum absolute atomic E-state index is 0. The van der Waals surface area contributed by atoms with E-state index in [0.717, 1.165) is 30.9 Å². The molecule has 2 aromatic carbocycles. The molecule has 0 fully saturated rings. The SMILES string of the molecule is CN=C(NCCCc1ccc(N(C)C)cc1)NCc1cccc(F)c1.I. The van der Waals surface area contributed by atoms with Crippen molar-refractivity contribution < 1.29 is 4.39 Å². The van der Waals surface area contributed by atoms with Crippen LogP contribution in [0.4, 0.5) is 10.1 Å². The molecule has 0 heterocycles. The zero-order chi connectivity index (χ0) is 18.1. The van der Waals surface area contributed by atoms with Crippen LogP contribution in [0, 0.1) is 5.82 Å². The van der Waals surface area contributed by atoms with Crippen molar-refractivity contribution in [2.24, 2.45) is 4.99 Å². The Bertz CT molecular complexity index is 686. The van der Waals surface area contributed by atoms with Gasteiger partial charge < -0.3 is 15.5 Å². The van der Waals surface area contributed by atoms with Crippen LogP contribution < -0.4 is 15.5 Å². The van der Waals surface area contributed by atoms with Crippen LogP contribution in [0.25, 0.3) is 0 Å². The molecule has 2 aromatic rings. The van der Waals surface area contributed by atoms with Gasteiger partial charge in [0.25, 0.3) is 0 Å². The molecule has 0 aromatic heterocycles. The molecule has 142 valence electrons. The van der Waals surface area contributed by atoms with Crippen molar-refractivity contribution in [3.63, 3.8) is 0 Å². The van der Waals surface area contributed by atoms with Gasteiger partial charge >= 0.3 is 0 Å². The van der Waals surface area contributed by atoms with E-state index in [4.69, 9.17) is 0 Å². The summed E-state index contributed by atoms with van der Waals surface area (Å²) in [4.78, 5) is 6.29. The van der Waals surface area contributed by atoms with Gasteiger partial charge in [0, 0.05) is 39.9 Å². The van der Waals surface area contributed by atoms with Crippen molar-refractivity contribution in [1.29, 1.82) is 0 Å². The molecule has 0 saturated carbocycles. The molecule has 0 bridgehead atoms. The van der Waals surface area contributed by atoms with Gasteiger partial charge in [-0.2, -0.15) is 0 Å². The fourth-order valence-corrected chi connectivity index (χ4v) is 2.51. The molecule has 4 nitrogen and oxygen atoms in total. The van der Waals surface area contributed by atoms with Gasteiger partial charge in [0.1, 0.15) is 5.82 Å². The lowest BCUT2D eigenvalue weighted by Gasteiger charge is -2.13. The van der Waals surface area contributed by atoms with E-state index in [1.807, 2.05) is 20.2 Å². The highest BCUT2D eigenvalue weighted by Crippen LogP contribution is 2.13. The van der Waals surface area contributed by atoms with Gasteiger partial charge in [-0.05, 0) is 48.2 Å².